The van der Waals surface area contributed by atoms with Gasteiger partial charge in [0, 0.05) is 17.3 Å². The smallest absolute Gasteiger partial charge is 0.132 e. The summed E-state index contributed by atoms with van der Waals surface area (Å²) in [7, 11) is 0. The highest BCUT2D eigenvalue weighted by atomic mass is 79.9. The van der Waals surface area contributed by atoms with Gasteiger partial charge in [0.15, 0.2) is 0 Å². The van der Waals surface area contributed by atoms with E-state index in [1.54, 1.807) is 0 Å². The Morgan fingerprint density at radius 3 is 2.53 bits per heavy atom. The van der Waals surface area contributed by atoms with Crippen molar-refractivity contribution in [1.82, 2.24) is 0 Å². The van der Waals surface area contributed by atoms with Gasteiger partial charge in [-0.1, -0.05) is 34.1 Å². The van der Waals surface area contributed by atoms with Gasteiger partial charge < -0.3 is 0 Å². The predicted molar refractivity (Wildman–Crippen MR) is 64.8 cm³/mol. The first-order valence-corrected chi connectivity index (χ1v) is 6.30. The molecule has 0 amide bonds. The molecule has 0 spiro atoms. The molecule has 0 heterocycles. The van der Waals surface area contributed by atoms with Gasteiger partial charge in [-0.3, -0.25) is 4.79 Å². The van der Waals surface area contributed by atoms with Crippen LogP contribution >= 0.6 is 15.9 Å². The summed E-state index contributed by atoms with van der Waals surface area (Å²) < 4.78 is 1.20. The van der Waals surface area contributed by atoms with Gasteiger partial charge >= 0.3 is 0 Å². The van der Waals surface area contributed by atoms with Crippen molar-refractivity contribution in [3.63, 3.8) is 0 Å². The SMILES string of the molecule is O=C1CCC(Cc2ccccc2Br)CC1. The predicted octanol–water partition coefficient (Wildman–Crippen LogP) is 3.75. The van der Waals surface area contributed by atoms with Gasteiger partial charge in [0.2, 0.25) is 0 Å². The van der Waals surface area contributed by atoms with Gasteiger partial charge in [-0.2, -0.15) is 0 Å². The minimum atomic E-state index is 0.443. The molecule has 0 aliphatic heterocycles. The number of carbonyl (C=O) groups excluding carboxylic acids is 1. The molecule has 15 heavy (non-hydrogen) atoms. The first-order valence-electron chi connectivity index (χ1n) is 5.51. The van der Waals surface area contributed by atoms with Gasteiger partial charge in [-0.25, -0.2) is 0 Å². The fraction of sp³-hybridized carbons (Fsp3) is 0.462. The number of Topliss-reactive ketones (excluding diaryl/α,β-unsaturated/α-hetero) is 1. The highest BCUT2D eigenvalue weighted by molar-refractivity contribution is 9.10. The summed E-state index contributed by atoms with van der Waals surface area (Å²) in [6.07, 6.45) is 4.82. The summed E-state index contributed by atoms with van der Waals surface area (Å²) in [5, 5.41) is 0. The zero-order valence-corrected chi connectivity index (χ0v) is 10.3. The highest BCUT2D eigenvalue weighted by Gasteiger charge is 2.19. The van der Waals surface area contributed by atoms with Gasteiger partial charge in [0.05, 0.1) is 0 Å². The molecular weight excluding hydrogens is 252 g/mol. The maximum atomic E-state index is 11.1. The van der Waals surface area contributed by atoms with Crippen LogP contribution in [0.5, 0.6) is 0 Å². The van der Waals surface area contributed by atoms with Crippen molar-refractivity contribution in [3.05, 3.63) is 34.3 Å². The Bertz CT molecular complexity index is 349. The Labute approximate surface area is 99.0 Å². The molecule has 0 bridgehead atoms. The van der Waals surface area contributed by atoms with Crippen LogP contribution in [0.4, 0.5) is 0 Å². The van der Waals surface area contributed by atoms with Crippen molar-refractivity contribution in [2.45, 2.75) is 32.1 Å². The van der Waals surface area contributed by atoms with Crippen LogP contribution in [0.25, 0.3) is 0 Å². The molecule has 2 rings (SSSR count). The largest absolute Gasteiger partial charge is 0.300 e. The van der Waals surface area contributed by atoms with Crippen molar-refractivity contribution in [2.24, 2.45) is 5.92 Å². The fourth-order valence-electron chi connectivity index (χ4n) is 2.18. The molecule has 2 heteroatoms. The van der Waals surface area contributed by atoms with E-state index in [1.165, 1.54) is 10.0 Å². The molecule has 0 unspecified atom stereocenters. The summed E-state index contributed by atoms with van der Waals surface area (Å²) in [6.45, 7) is 0. The molecule has 0 atom stereocenters. The topological polar surface area (TPSA) is 17.1 Å². The quantitative estimate of drug-likeness (QED) is 0.797. The second-order valence-electron chi connectivity index (χ2n) is 4.28. The molecule has 0 radical (unpaired) electrons. The van der Waals surface area contributed by atoms with Gasteiger partial charge in [0.25, 0.3) is 0 Å². The third-order valence-corrected chi connectivity index (χ3v) is 3.90. The van der Waals surface area contributed by atoms with E-state index in [4.69, 9.17) is 0 Å². The molecule has 1 nitrogen and oxygen atoms in total. The number of hydrogen-bond acceptors (Lipinski definition) is 1. The van der Waals surface area contributed by atoms with E-state index in [-0.39, 0.29) is 0 Å². The van der Waals surface area contributed by atoms with Crippen molar-refractivity contribution < 1.29 is 4.79 Å². The van der Waals surface area contributed by atoms with Crippen LogP contribution in [0, 0.1) is 5.92 Å². The minimum Gasteiger partial charge on any atom is -0.300 e. The summed E-state index contributed by atoms with van der Waals surface area (Å²) >= 11 is 3.57. The van der Waals surface area contributed by atoms with E-state index in [0.717, 1.165) is 32.1 Å². The molecule has 0 aromatic heterocycles. The van der Waals surface area contributed by atoms with E-state index in [9.17, 15) is 4.79 Å². The Morgan fingerprint density at radius 2 is 1.87 bits per heavy atom. The summed E-state index contributed by atoms with van der Waals surface area (Å²) in [4.78, 5) is 11.1. The molecule has 1 aliphatic carbocycles. The van der Waals surface area contributed by atoms with Crippen LogP contribution in [0.15, 0.2) is 28.7 Å². The van der Waals surface area contributed by atoms with Crippen molar-refractivity contribution in [2.75, 3.05) is 0 Å². The number of rotatable bonds is 2. The molecule has 1 saturated carbocycles. The number of halogens is 1. The summed E-state index contributed by atoms with van der Waals surface area (Å²) in [6, 6.07) is 8.37. The van der Waals surface area contributed by atoms with E-state index in [0.29, 0.717) is 11.7 Å². The summed E-state index contributed by atoms with van der Waals surface area (Å²) in [5.41, 5.74) is 1.37. The zero-order chi connectivity index (χ0) is 10.7. The Kier molecular flexibility index (Phi) is 3.57. The molecule has 80 valence electrons. The average Bonchev–Trinajstić information content (AvgIpc) is 2.25. The molecule has 1 fully saturated rings. The second kappa shape index (κ2) is 4.93. The lowest BCUT2D eigenvalue weighted by Crippen LogP contribution is -2.15. The molecule has 1 aromatic carbocycles. The van der Waals surface area contributed by atoms with Crippen LogP contribution < -0.4 is 0 Å². The maximum absolute atomic E-state index is 11.1. The van der Waals surface area contributed by atoms with Crippen molar-refractivity contribution in [1.29, 1.82) is 0 Å². The Hall–Kier alpha value is -0.630. The van der Waals surface area contributed by atoms with Crippen LogP contribution in [0.1, 0.15) is 31.2 Å². The standard InChI is InChI=1S/C13H15BrO/c14-13-4-2-1-3-11(13)9-10-5-7-12(15)8-6-10/h1-4,10H,5-9H2. The van der Waals surface area contributed by atoms with Gasteiger partial charge in [-0.05, 0) is 36.8 Å². The number of ketones is 1. The molecule has 0 N–H and O–H groups in total. The van der Waals surface area contributed by atoms with Gasteiger partial charge in [0.1, 0.15) is 5.78 Å². The molecule has 1 aromatic rings. The van der Waals surface area contributed by atoms with Crippen LogP contribution in [-0.4, -0.2) is 5.78 Å². The van der Waals surface area contributed by atoms with E-state index in [1.807, 2.05) is 6.07 Å². The van der Waals surface area contributed by atoms with E-state index >= 15 is 0 Å². The number of hydrogen-bond donors (Lipinski definition) is 0. The van der Waals surface area contributed by atoms with E-state index < -0.39 is 0 Å². The monoisotopic (exact) mass is 266 g/mol. The number of carbonyl (C=O) groups is 1. The van der Waals surface area contributed by atoms with Crippen molar-refractivity contribution in [3.8, 4) is 0 Å². The summed E-state index contributed by atoms with van der Waals surface area (Å²) in [5.74, 6) is 1.14. The zero-order valence-electron chi connectivity index (χ0n) is 8.71. The lowest BCUT2D eigenvalue weighted by molar-refractivity contribution is -0.120. The molecular formula is C13H15BrO. The maximum Gasteiger partial charge on any atom is 0.132 e. The van der Waals surface area contributed by atoms with E-state index in [2.05, 4.69) is 34.1 Å². The number of benzene rings is 1. The average molecular weight is 267 g/mol. The van der Waals surface area contributed by atoms with Crippen molar-refractivity contribution >= 4 is 21.7 Å². The third kappa shape index (κ3) is 2.91. The fourth-order valence-corrected chi connectivity index (χ4v) is 2.63. The van der Waals surface area contributed by atoms with Crippen LogP contribution in [-0.2, 0) is 11.2 Å². The lowest BCUT2D eigenvalue weighted by atomic mass is 9.84. The van der Waals surface area contributed by atoms with Crippen LogP contribution in [0.2, 0.25) is 0 Å². The Balaban J connectivity index is 1.97. The third-order valence-electron chi connectivity index (χ3n) is 3.13. The first kappa shape index (κ1) is 10.9. The molecule has 0 saturated heterocycles. The first-order chi connectivity index (χ1) is 7.25. The van der Waals surface area contributed by atoms with Gasteiger partial charge in [-0.15, -0.1) is 0 Å². The van der Waals surface area contributed by atoms with Crippen LogP contribution in [0.3, 0.4) is 0 Å². The molecule has 1 aliphatic rings. The normalized spacial score (nSPS) is 18.1. The Morgan fingerprint density at radius 1 is 1.20 bits per heavy atom. The minimum absolute atomic E-state index is 0.443. The lowest BCUT2D eigenvalue weighted by Gasteiger charge is -2.21. The second-order valence-corrected chi connectivity index (χ2v) is 5.13. The highest BCUT2D eigenvalue weighted by Crippen LogP contribution is 2.27.